The number of carbonyl (C=O) groups is 1. The van der Waals surface area contributed by atoms with Crippen LogP contribution in [0.5, 0.6) is 11.6 Å². The molecule has 0 bridgehead atoms. The second kappa shape index (κ2) is 18.5. The molecule has 3 aliphatic heterocycles. The highest BCUT2D eigenvalue weighted by molar-refractivity contribution is 7.90. The van der Waals surface area contributed by atoms with Crippen molar-refractivity contribution in [3.8, 4) is 11.6 Å². The van der Waals surface area contributed by atoms with E-state index in [9.17, 15) is 28.4 Å². The van der Waals surface area contributed by atoms with Crippen molar-refractivity contribution in [2.75, 3.05) is 67.6 Å². The lowest BCUT2D eigenvalue weighted by Gasteiger charge is -2.39. The van der Waals surface area contributed by atoms with Gasteiger partial charge in [-0.15, -0.1) is 0 Å². The van der Waals surface area contributed by atoms with Crippen molar-refractivity contribution in [1.82, 2.24) is 19.6 Å². The lowest BCUT2D eigenvalue weighted by atomic mass is 9.72. The number of hydrogen-bond donors (Lipinski definition) is 4. The normalized spacial score (nSPS) is 23.0. The van der Waals surface area contributed by atoms with Gasteiger partial charge in [-0.25, -0.2) is 13.1 Å². The van der Waals surface area contributed by atoms with E-state index in [2.05, 4.69) is 50.8 Å². The Labute approximate surface area is 407 Å². The zero-order valence-electron chi connectivity index (χ0n) is 39.2. The molecule has 0 unspecified atom stereocenters. The number of anilines is 4. The average molecular weight is 980 g/mol. The maximum absolute atomic E-state index is 14.5. The number of piperazine rings is 1. The molecule has 18 heteroatoms. The summed E-state index contributed by atoms with van der Waals surface area (Å²) in [5.41, 5.74) is 5.88. The molecule has 3 aromatic carbocycles. The summed E-state index contributed by atoms with van der Waals surface area (Å²) in [7, 11) is -4.68. The minimum Gasteiger partial charge on any atom is -0.489 e. The van der Waals surface area contributed by atoms with Crippen molar-refractivity contribution < 1.29 is 32.7 Å². The van der Waals surface area contributed by atoms with E-state index < -0.39 is 37.0 Å². The molecular formula is C51H59ClN8O8S. The summed E-state index contributed by atoms with van der Waals surface area (Å²) in [6.45, 7) is 11.5. The molecule has 16 nitrogen and oxygen atoms in total. The average Bonchev–Trinajstić information content (AvgIpc) is 3.69. The fraction of sp³-hybridized carbons (Fsp3) is 0.451. The summed E-state index contributed by atoms with van der Waals surface area (Å²) >= 11 is 6.28. The van der Waals surface area contributed by atoms with Gasteiger partial charge in [0.2, 0.25) is 5.88 Å². The highest BCUT2D eigenvalue weighted by Gasteiger charge is 2.38. The van der Waals surface area contributed by atoms with Crippen molar-refractivity contribution >= 4 is 72.6 Å². The molecule has 5 aromatic rings. The first-order valence-electron chi connectivity index (χ1n) is 24.0. The number of nitrogens with zero attached hydrogens (tertiary/aromatic N) is 5. The Morgan fingerprint density at radius 3 is 2.49 bits per heavy atom. The number of nitro benzene ring substituents is 1. The number of aliphatic hydroxyl groups is 1. The van der Waals surface area contributed by atoms with Gasteiger partial charge in [0, 0.05) is 73.7 Å². The number of sulfonamides is 1. The summed E-state index contributed by atoms with van der Waals surface area (Å²) < 4.78 is 42.8. The molecule has 5 aliphatic rings. The van der Waals surface area contributed by atoms with Crippen LogP contribution in [-0.4, -0.2) is 103 Å². The highest BCUT2D eigenvalue weighted by Crippen LogP contribution is 2.46. The molecule has 4 N–H and O–H groups in total. The van der Waals surface area contributed by atoms with Crippen molar-refractivity contribution in [3.05, 3.63) is 105 Å². The fourth-order valence-corrected chi connectivity index (χ4v) is 11.9. The number of H-pyrrole nitrogens is 1. The van der Waals surface area contributed by atoms with E-state index in [1.807, 2.05) is 48.2 Å². The Balaban J connectivity index is 0.928. The standard InChI is InChI=1S/C51H59ClN8O8S/c1-50(2)15-11-35(40(29-50)32-5-7-36(52)8-6-32)30-57-20-22-58(23-21-57)37-9-10-39(42(26-37)59-19-4-24-67-49-44(59)25-34-14-18-53-47(34)55-49)48(61)56-69(65,66)38-27-43(60(63)64)46-45(28-38)68-31-41(54-46)33-12-16-51(3,62)17-13-33/h5-10,14,18,25-28,33,41,54,62H,4,11-13,15-17,19-24,29-31H2,1-3H3,(H,53,55)(H,56,61)/t33?,41-,51?/m0/s1. The maximum Gasteiger partial charge on any atom is 0.297 e. The summed E-state index contributed by atoms with van der Waals surface area (Å²) in [6.07, 6.45) is 8.18. The van der Waals surface area contributed by atoms with Gasteiger partial charge in [0.05, 0.1) is 39.3 Å². The van der Waals surface area contributed by atoms with Gasteiger partial charge < -0.3 is 34.7 Å². The largest absolute Gasteiger partial charge is 0.489 e. The number of halogens is 1. The van der Waals surface area contributed by atoms with E-state index in [0.29, 0.717) is 68.2 Å². The van der Waals surface area contributed by atoms with Crippen LogP contribution in [0.25, 0.3) is 16.6 Å². The van der Waals surface area contributed by atoms with Crippen LogP contribution in [0.4, 0.5) is 28.4 Å². The van der Waals surface area contributed by atoms with Crippen molar-refractivity contribution in [3.63, 3.8) is 0 Å². The molecule has 1 saturated carbocycles. The third-order valence-electron chi connectivity index (χ3n) is 14.8. The third kappa shape index (κ3) is 9.83. The lowest BCUT2D eigenvalue weighted by molar-refractivity contribution is -0.384. The molecule has 364 valence electrons. The molecule has 1 saturated heterocycles. The first kappa shape index (κ1) is 46.8. The second-order valence-corrected chi connectivity index (χ2v) is 22.5. The number of rotatable bonds is 10. The molecule has 5 heterocycles. The van der Waals surface area contributed by atoms with E-state index in [4.69, 9.17) is 26.1 Å². The van der Waals surface area contributed by atoms with Gasteiger partial charge in [-0.3, -0.25) is 19.8 Å². The molecule has 2 aliphatic carbocycles. The zero-order chi connectivity index (χ0) is 48.2. The van der Waals surface area contributed by atoms with Gasteiger partial charge in [0.25, 0.3) is 21.6 Å². The second-order valence-electron chi connectivity index (χ2n) is 20.4. The monoisotopic (exact) mass is 978 g/mol. The first-order chi connectivity index (χ1) is 33.0. The Morgan fingerprint density at radius 2 is 1.74 bits per heavy atom. The number of pyridine rings is 1. The summed E-state index contributed by atoms with van der Waals surface area (Å²) in [5.74, 6) is -0.416. The van der Waals surface area contributed by atoms with Gasteiger partial charge in [0.1, 0.15) is 17.9 Å². The minimum atomic E-state index is -4.68. The molecule has 1 atom stereocenters. The molecule has 2 aromatic heterocycles. The summed E-state index contributed by atoms with van der Waals surface area (Å²) in [6, 6.07) is 19.4. The number of nitro groups is 1. The van der Waals surface area contributed by atoms with Crippen LogP contribution in [0.15, 0.2) is 83.4 Å². The summed E-state index contributed by atoms with van der Waals surface area (Å²) in [5, 5.41) is 27.8. The van der Waals surface area contributed by atoms with Crippen molar-refractivity contribution in [2.24, 2.45) is 11.3 Å². The molecule has 2 fully saturated rings. The number of allylic oxidation sites excluding steroid dienone is 1. The van der Waals surface area contributed by atoms with Gasteiger partial charge in [0.15, 0.2) is 11.4 Å². The number of nitrogens with one attached hydrogen (secondary N) is 3. The molecule has 1 amide bonds. The van der Waals surface area contributed by atoms with Gasteiger partial charge >= 0.3 is 0 Å². The molecular weight excluding hydrogens is 920 g/mol. The number of benzene rings is 3. The molecule has 0 spiro atoms. The Morgan fingerprint density at radius 1 is 0.971 bits per heavy atom. The number of fused-ring (bicyclic) bond motifs is 3. The number of aromatic nitrogens is 2. The fourth-order valence-electron chi connectivity index (χ4n) is 10.7. The van der Waals surface area contributed by atoms with Gasteiger partial charge in [-0.1, -0.05) is 43.2 Å². The molecule has 69 heavy (non-hydrogen) atoms. The maximum atomic E-state index is 14.5. The van der Waals surface area contributed by atoms with Crippen LogP contribution < -0.4 is 29.3 Å². The van der Waals surface area contributed by atoms with Crippen LogP contribution in [-0.2, 0) is 10.0 Å². The number of amides is 1. The topological polar surface area (TPSA) is 195 Å². The van der Waals surface area contributed by atoms with Crippen LogP contribution in [0.2, 0.25) is 5.02 Å². The van der Waals surface area contributed by atoms with E-state index in [1.54, 1.807) is 12.3 Å². The van der Waals surface area contributed by atoms with E-state index in [1.165, 1.54) is 22.8 Å². The smallest absolute Gasteiger partial charge is 0.297 e. The predicted molar refractivity (Wildman–Crippen MR) is 268 cm³/mol. The summed E-state index contributed by atoms with van der Waals surface area (Å²) in [4.78, 5) is 40.6. The SMILES string of the molecule is CC1(C)CCC(CN2CCN(c3ccc(C(=O)NS(=O)(=O)c4cc5c(c([N+](=O)[O-])c4)N[C@H](C4CCC(C)(O)CC4)CO5)c(N4CCCOc5nc6[nH]ccc6cc54)c3)CC2)=C(c2ccc(Cl)cc2)C1. The van der Waals surface area contributed by atoms with Crippen LogP contribution in [0.3, 0.4) is 0 Å². The first-order valence-corrected chi connectivity index (χ1v) is 25.8. The lowest BCUT2D eigenvalue weighted by Crippen LogP contribution is -2.47. The highest BCUT2D eigenvalue weighted by atomic mass is 35.5. The van der Waals surface area contributed by atoms with E-state index >= 15 is 0 Å². The third-order valence-corrected chi connectivity index (χ3v) is 16.4. The number of ether oxygens (including phenoxy) is 2. The van der Waals surface area contributed by atoms with Gasteiger partial charge in [-0.05, 0) is 123 Å². The van der Waals surface area contributed by atoms with Crippen LogP contribution >= 0.6 is 11.6 Å². The Bertz CT molecular complexity index is 2940. The van der Waals surface area contributed by atoms with Crippen molar-refractivity contribution in [2.45, 2.75) is 88.7 Å². The predicted octanol–water partition coefficient (Wildman–Crippen LogP) is 9.06. The van der Waals surface area contributed by atoms with E-state index in [0.717, 1.165) is 74.1 Å². The quantitative estimate of drug-likeness (QED) is 0.0765. The van der Waals surface area contributed by atoms with Crippen LogP contribution in [0, 0.1) is 21.4 Å². The van der Waals surface area contributed by atoms with Crippen molar-refractivity contribution in [1.29, 1.82) is 0 Å². The number of aromatic amines is 1. The number of hydrogen-bond acceptors (Lipinski definition) is 13. The Kier molecular flexibility index (Phi) is 12.5. The molecule has 0 radical (unpaired) electrons. The number of carbonyl (C=O) groups excluding carboxylic acids is 1. The van der Waals surface area contributed by atoms with Crippen LogP contribution in [0.1, 0.15) is 88.1 Å². The zero-order valence-corrected chi connectivity index (χ0v) is 40.8. The molecule has 10 rings (SSSR count). The Hall–Kier alpha value is -5.88. The minimum absolute atomic E-state index is 0.00683. The van der Waals surface area contributed by atoms with Gasteiger partial charge in [-0.2, -0.15) is 4.98 Å². The van der Waals surface area contributed by atoms with E-state index in [-0.39, 0.29) is 41.0 Å².